The highest BCUT2D eigenvalue weighted by molar-refractivity contribution is 7.91. The topological polar surface area (TPSA) is 80.7 Å². The van der Waals surface area contributed by atoms with E-state index < -0.39 is 27.8 Å². The maximum Gasteiger partial charge on any atom is 0.307 e. The maximum absolute atomic E-state index is 11.9. The number of hydrogen-bond donors (Lipinski definition) is 1. The van der Waals surface area contributed by atoms with Crippen LogP contribution in [0.3, 0.4) is 0 Å². The molecule has 0 aliphatic carbocycles. The maximum atomic E-state index is 11.9. The average Bonchev–Trinajstić information content (AvgIpc) is 2.68. The third-order valence-electron chi connectivity index (χ3n) is 3.08. The van der Waals surface area contributed by atoms with Gasteiger partial charge in [-0.15, -0.1) is 0 Å². The summed E-state index contributed by atoms with van der Waals surface area (Å²) in [5, 5.41) is 8.75. The Labute approximate surface area is 112 Å². The molecule has 1 aliphatic heterocycles. The summed E-state index contributed by atoms with van der Waals surface area (Å²) in [7, 11) is -3.43. The number of carboxylic acids is 1. The number of rotatable bonds is 5. The van der Waals surface area contributed by atoms with Gasteiger partial charge in [-0.25, -0.2) is 8.42 Å². The number of sulfone groups is 1. The average molecular weight is 284 g/mol. The second-order valence-electron chi connectivity index (χ2n) is 4.87. The van der Waals surface area contributed by atoms with Crippen molar-refractivity contribution in [3.63, 3.8) is 0 Å². The highest BCUT2D eigenvalue weighted by Gasteiger charge is 2.29. The van der Waals surface area contributed by atoms with Gasteiger partial charge in [0.2, 0.25) is 0 Å². The smallest absolute Gasteiger partial charge is 0.307 e. The summed E-state index contributed by atoms with van der Waals surface area (Å²) < 4.78 is 29.4. The van der Waals surface area contributed by atoms with Crippen molar-refractivity contribution in [3.05, 3.63) is 29.8 Å². The molecule has 2 rings (SSSR count). The van der Waals surface area contributed by atoms with Crippen molar-refractivity contribution in [2.45, 2.75) is 19.4 Å². The molecule has 104 valence electrons. The van der Waals surface area contributed by atoms with Gasteiger partial charge in [0.1, 0.15) is 11.9 Å². The third kappa shape index (κ3) is 3.47. The Kier molecular flexibility index (Phi) is 3.80. The molecular weight excluding hydrogens is 268 g/mol. The molecule has 1 aromatic carbocycles. The van der Waals surface area contributed by atoms with E-state index in [9.17, 15) is 13.2 Å². The van der Waals surface area contributed by atoms with Crippen LogP contribution in [-0.2, 0) is 21.1 Å². The highest BCUT2D eigenvalue weighted by Crippen LogP contribution is 2.28. The lowest BCUT2D eigenvalue weighted by atomic mass is 10.1. The Balaban J connectivity index is 1.98. The van der Waals surface area contributed by atoms with Crippen LogP contribution in [0, 0.1) is 5.92 Å². The third-order valence-corrected chi connectivity index (χ3v) is 4.97. The van der Waals surface area contributed by atoms with Crippen LogP contribution in [0.15, 0.2) is 24.3 Å². The molecule has 0 saturated heterocycles. The Morgan fingerprint density at radius 1 is 1.47 bits per heavy atom. The van der Waals surface area contributed by atoms with Crippen molar-refractivity contribution < 1.29 is 23.1 Å². The van der Waals surface area contributed by atoms with E-state index in [0.29, 0.717) is 12.2 Å². The van der Waals surface area contributed by atoms with Gasteiger partial charge in [-0.3, -0.25) is 4.79 Å². The standard InChI is InChI=1S/C13H16O5S/c1-9(13(14)15)7-19(16,17)8-11-6-10-4-2-3-5-12(10)18-11/h2-5,9,11H,6-8H2,1H3,(H,14,15). The molecule has 5 nitrogen and oxygen atoms in total. The van der Waals surface area contributed by atoms with Gasteiger partial charge in [0.25, 0.3) is 0 Å². The van der Waals surface area contributed by atoms with Crippen molar-refractivity contribution >= 4 is 15.8 Å². The largest absolute Gasteiger partial charge is 0.489 e. The molecule has 0 amide bonds. The van der Waals surface area contributed by atoms with Gasteiger partial charge in [0, 0.05) is 6.42 Å². The molecule has 0 bridgehead atoms. The molecule has 0 saturated carbocycles. The number of carbonyl (C=O) groups is 1. The molecule has 1 aromatic rings. The predicted molar refractivity (Wildman–Crippen MR) is 70.0 cm³/mol. The van der Waals surface area contributed by atoms with Crippen molar-refractivity contribution in [2.24, 2.45) is 5.92 Å². The minimum absolute atomic E-state index is 0.140. The van der Waals surface area contributed by atoms with Gasteiger partial charge in [0.05, 0.1) is 17.4 Å². The first-order valence-corrected chi connectivity index (χ1v) is 7.87. The molecule has 1 heterocycles. The number of hydrogen-bond acceptors (Lipinski definition) is 4. The van der Waals surface area contributed by atoms with E-state index in [1.807, 2.05) is 24.3 Å². The van der Waals surface area contributed by atoms with Gasteiger partial charge >= 0.3 is 5.97 Å². The normalized spacial score (nSPS) is 19.5. The number of benzene rings is 1. The molecule has 1 aliphatic rings. The molecule has 19 heavy (non-hydrogen) atoms. The molecule has 6 heteroatoms. The van der Waals surface area contributed by atoms with E-state index in [0.717, 1.165) is 5.56 Å². The van der Waals surface area contributed by atoms with Crippen LogP contribution in [0.5, 0.6) is 5.75 Å². The molecule has 2 unspecified atom stereocenters. The molecule has 2 atom stereocenters. The molecule has 0 aromatic heterocycles. The number of fused-ring (bicyclic) bond motifs is 1. The van der Waals surface area contributed by atoms with Crippen LogP contribution in [0.4, 0.5) is 0 Å². The van der Waals surface area contributed by atoms with Gasteiger partial charge in [-0.1, -0.05) is 25.1 Å². The molecule has 0 radical (unpaired) electrons. The van der Waals surface area contributed by atoms with Crippen molar-refractivity contribution in [2.75, 3.05) is 11.5 Å². The van der Waals surface area contributed by atoms with Crippen LogP contribution < -0.4 is 4.74 Å². The first-order valence-electron chi connectivity index (χ1n) is 6.05. The van der Waals surface area contributed by atoms with Crippen LogP contribution in [0.25, 0.3) is 0 Å². The summed E-state index contributed by atoms with van der Waals surface area (Å²) in [5.41, 5.74) is 0.994. The van der Waals surface area contributed by atoms with Gasteiger partial charge in [0.15, 0.2) is 9.84 Å². The predicted octanol–water partition coefficient (Wildman–Crippen LogP) is 1.13. The summed E-state index contributed by atoms with van der Waals surface area (Å²) in [6.07, 6.45) is 0.139. The second kappa shape index (κ2) is 5.21. The molecule has 1 N–H and O–H groups in total. The Hall–Kier alpha value is -1.56. The monoisotopic (exact) mass is 284 g/mol. The SMILES string of the molecule is CC(CS(=O)(=O)CC1Cc2ccccc2O1)C(=O)O. The number of carboxylic acid groups (broad SMARTS) is 1. The first kappa shape index (κ1) is 13.9. The van der Waals surface area contributed by atoms with Crippen LogP contribution in [0.2, 0.25) is 0 Å². The molecule has 0 fully saturated rings. The minimum atomic E-state index is -3.43. The lowest BCUT2D eigenvalue weighted by Gasteiger charge is -2.12. The Morgan fingerprint density at radius 3 is 2.79 bits per heavy atom. The fourth-order valence-electron chi connectivity index (χ4n) is 2.15. The first-order chi connectivity index (χ1) is 8.87. The number of ether oxygens (including phenoxy) is 1. The van der Waals surface area contributed by atoms with E-state index in [1.165, 1.54) is 6.92 Å². The summed E-state index contributed by atoms with van der Waals surface area (Å²) in [4.78, 5) is 10.7. The second-order valence-corrected chi connectivity index (χ2v) is 7.02. The molecular formula is C13H16O5S. The van der Waals surface area contributed by atoms with Gasteiger partial charge in [-0.2, -0.15) is 0 Å². The van der Waals surface area contributed by atoms with E-state index in [2.05, 4.69) is 0 Å². The zero-order valence-electron chi connectivity index (χ0n) is 10.6. The summed E-state index contributed by atoms with van der Waals surface area (Å²) >= 11 is 0. The zero-order valence-corrected chi connectivity index (χ0v) is 11.4. The van der Waals surface area contributed by atoms with Crippen LogP contribution >= 0.6 is 0 Å². The number of aliphatic carboxylic acids is 1. The fourth-order valence-corrected chi connectivity index (χ4v) is 3.94. The number of para-hydroxylation sites is 1. The van der Waals surface area contributed by atoms with Gasteiger partial charge in [-0.05, 0) is 11.6 Å². The van der Waals surface area contributed by atoms with Crippen molar-refractivity contribution in [1.82, 2.24) is 0 Å². The van der Waals surface area contributed by atoms with Gasteiger partial charge < -0.3 is 9.84 Å². The zero-order chi connectivity index (χ0) is 14.0. The fraction of sp³-hybridized carbons (Fsp3) is 0.462. The summed E-state index contributed by atoms with van der Waals surface area (Å²) in [6.45, 7) is 1.39. The highest BCUT2D eigenvalue weighted by atomic mass is 32.2. The van der Waals surface area contributed by atoms with E-state index in [1.54, 1.807) is 0 Å². The summed E-state index contributed by atoms with van der Waals surface area (Å²) in [6, 6.07) is 7.43. The lowest BCUT2D eigenvalue weighted by molar-refractivity contribution is -0.140. The van der Waals surface area contributed by atoms with E-state index >= 15 is 0 Å². The lowest BCUT2D eigenvalue weighted by Crippen LogP contribution is -2.30. The summed E-state index contributed by atoms with van der Waals surface area (Å²) in [5.74, 6) is -1.76. The van der Waals surface area contributed by atoms with E-state index in [-0.39, 0.29) is 11.5 Å². The Morgan fingerprint density at radius 2 is 2.16 bits per heavy atom. The van der Waals surface area contributed by atoms with Crippen LogP contribution in [0.1, 0.15) is 12.5 Å². The van der Waals surface area contributed by atoms with Crippen LogP contribution in [-0.4, -0.2) is 37.1 Å². The van der Waals surface area contributed by atoms with E-state index in [4.69, 9.17) is 9.84 Å². The van der Waals surface area contributed by atoms with Crippen molar-refractivity contribution in [3.8, 4) is 5.75 Å². The molecule has 0 spiro atoms. The van der Waals surface area contributed by atoms with Crippen molar-refractivity contribution in [1.29, 1.82) is 0 Å². The Bertz CT molecular complexity index is 553. The minimum Gasteiger partial charge on any atom is -0.489 e. The quantitative estimate of drug-likeness (QED) is 0.876.